The lowest BCUT2D eigenvalue weighted by Crippen LogP contribution is -2.20. The number of hydrogen-bond acceptors (Lipinski definition) is 3. The second-order valence-electron chi connectivity index (χ2n) is 5.34. The van der Waals surface area contributed by atoms with Gasteiger partial charge in [0.25, 0.3) is 0 Å². The third-order valence-corrected chi connectivity index (χ3v) is 3.94. The Bertz CT molecular complexity index is 501. The van der Waals surface area contributed by atoms with E-state index >= 15 is 0 Å². The van der Waals surface area contributed by atoms with Crippen LogP contribution in [0.15, 0.2) is 18.2 Å². The number of methoxy groups -OCH3 is 1. The van der Waals surface area contributed by atoms with E-state index in [0.717, 1.165) is 23.8 Å². The molecule has 3 nitrogen and oxygen atoms in total. The van der Waals surface area contributed by atoms with E-state index in [0.29, 0.717) is 6.54 Å². The molecule has 2 N–H and O–H groups in total. The maximum atomic E-state index is 5.45. The summed E-state index contributed by atoms with van der Waals surface area (Å²) in [6, 6.07) is 6.26. The molecule has 1 aromatic carbocycles. The molecule has 1 aromatic rings. The van der Waals surface area contributed by atoms with Crippen molar-refractivity contribution >= 4 is 0 Å². The zero-order valence-corrected chi connectivity index (χ0v) is 12.5. The van der Waals surface area contributed by atoms with Crippen LogP contribution in [0.25, 0.3) is 0 Å². The van der Waals surface area contributed by atoms with Crippen molar-refractivity contribution in [1.82, 2.24) is 4.90 Å². The summed E-state index contributed by atoms with van der Waals surface area (Å²) < 4.78 is 5.34. The van der Waals surface area contributed by atoms with E-state index in [2.05, 4.69) is 35.8 Å². The van der Waals surface area contributed by atoms with E-state index in [1.807, 2.05) is 6.07 Å². The van der Waals surface area contributed by atoms with Gasteiger partial charge in [0.1, 0.15) is 5.75 Å². The van der Waals surface area contributed by atoms with Gasteiger partial charge >= 0.3 is 0 Å². The van der Waals surface area contributed by atoms with Gasteiger partial charge in [-0.2, -0.15) is 0 Å². The molecule has 0 saturated carbocycles. The van der Waals surface area contributed by atoms with Crippen LogP contribution < -0.4 is 10.5 Å². The van der Waals surface area contributed by atoms with Gasteiger partial charge < -0.3 is 10.5 Å². The Kier molecular flexibility index (Phi) is 5.46. The monoisotopic (exact) mass is 272 g/mol. The molecule has 2 rings (SSSR count). The minimum atomic E-state index is 0.373. The van der Waals surface area contributed by atoms with Crippen molar-refractivity contribution in [1.29, 1.82) is 0 Å². The van der Waals surface area contributed by atoms with Crippen LogP contribution in [0.2, 0.25) is 0 Å². The summed E-state index contributed by atoms with van der Waals surface area (Å²) in [6.07, 6.45) is 2.61. The fourth-order valence-electron chi connectivity index (χ4n) is 2.75. The number of benzene rings is 1. The molecule has 20 heavy (non-hydrogen) atoms. The van der Waals surface area contributed by atoms with Gasteiger partial charge in [0.15, 0.2) is 0 Å². The van der Waals surface area contributed by atoms with Crippen molar-refractivity contribution in [3.05, 3.63) is 29.3 Å². The molecule has 0 spiro atoms. The smallest absolute Gasteiger partial charge is 0.134 e. The third-order valence-electron chi connectivity index (χ3n) is 3.94. The van der Waals surface area contributed by atoms with E-state index in [-0.39, 0.29) is 0 Å². The molecule has 108 valence electrons. The second kappa shape index (κ2) is 7.33. The zero-order chi connectivity index (χ0) is 14.4. The lowest BCUT2D eigenvalue weighted by Gasteiger charge is -2.16. The highest BCUT2D eigenvalue weighted by Crippen LogP contribution is 2.23. The maximum absolute atomic E-state index is 5.45. The fourth-order valence-corrected chi connectivity index (χ4v) is 2.75. The van der Waals surface area contributed by atoms with Crippen LogP contribution in [0.1, 0.15) is 30.9 Å². The van der Waals surface area contributed by atoms with E-state index in [1.54, 1.807) is 7.11 Å². The number of ether oxygens (including phenoxy) is 1. The predicted octanol–water partition coefficient (Wildman–Crippen LogP) is 2.24. The zero-order valence-electron chi connectivity index (χ0n) is 12.5. The van der Waals surface area contributed by atoms with Gasteiger partial charge in [-0.25, -0.2) is 0 Å². The van der Waals surface area contributed by atoms with Crippen molar-refractivity contribution < 1.29 is 4.74 Å². The highest BCUT2D eigenvalue weighted by atomic mass is 16.5. The van der Waals surface area contributed by atoms with E-state index in [4.69, 9.17) is 10.5 Å². The van der Waals surface area contributed by atoms with Gasteiger partial charge in [0.2, 0.25) is 0 Å². The van der Waals surface area contributed by atoms with Crippen molar-refractivity contribution in [2.45, 2.75) is 26.3 Å². The lowest BCUT2D eigenvalue weighted by atomic mass is 10.1. The summed E-state index contributed by atoms with van der Waals surface area (Å²) >= 11 is 0. The first kappa shape index (κ1) is 14.9. The first-order valence-corrected chi connectivity index (χ1v) is 7.35. The van der Waals surface area contributed by atoms with Gasteiger partial charge in [0, 0.05) is 13.1 Å². The molecule has 0 bridgehead atoms. The second-order valence-corrected chi connectivity index (χ2v) is 5.34. The molecule has 1 unspecified atom stereocenters. The largest absolute Gasteiger partial charge is 0.495 e. The Morgan fingerprint density at radius 1 is 1.45 bits per heavy atom. The van der Waals surface area contributed by atoms with Crippen molar-refractivity contribution in [2.75, 3.05) is 26.7 Å². The Morgan fingerprint density at radius 2 is 2.30 bits per heavy atom. The minimum absolute atomic E-state index is 0.373. The Labute approximate surface area is 122 Å². The number of nitrogens with two attached hydrogens (primary N) is 1. The normalized spacial score (nSPS) is 18.6. The van der Waals surface area contributed by atoms with Crippen LogP contribution >= 0.6 is 0 Å². The molecule has 1 heterocycles. The molecule has 1 aliphatic heterocycles. The maximum Gasteiger partial charge on any atom is 0.134 e. The number of hydrogen-bond donors (Lipinski definition) is 1. The summed E-state index contributed by atoms with van der Waals surface area (Å²) in [5, 5.41) is 0. The van der Waals surface area contributed by atoms with Crippen molar-refractivity contribution in [3.8, 4) is 17.6 Å². The molecular formula is C17H24N2O. The standard InChI is InChI=1S/C17H24N2O/c1-3-14-8-10-19(12-14)13-15-6-7-17(20-2)16(11-15)5-4-9-18/h6-7,11,14H,3,8-10,12-13,18H2,1-2H3. The number of rotatable bonds is 4. The average Bonchev–Trinajstić information content (AvgIpc) is 2.93. The first-order valence-electron chi connectivity index (χ1n) is 7.35. The molecule has 0 amide bonds. The van der Waals surface area contributed by atoms with Crippen molar-refractivity contribution in [3.63, 3.8) is 0 Å². The first-order chi connectivity index (χ1) is 9.76. The van der Waals surface area contributed by atoms with Gasteiger partial charge in [-0.05, 0) is 36.6 Å². The predicted molar refractivity (Wildman–Crippen MR) is 82.6 cm³/mol. The molecule has 1 aliphatic rings. The van der Waals surface area contributed by atoms with Crippen LogP contribution in [0, 0.1) is 17.8 Å². The fraction of sp³-hybridized carbons (Fsp3) is 0.529. The number of likely N-dealkylation sites (tertiary alicyclic amines) is 1. The van der Waals surface area contributed by atoms with E-state index < -0.39 is 0 Å². The van der Waals surface area contributed by atoms with Crippen LogP contribution in [0.5, 0.6) is 5.75 Å². The molecule has 1 fully saturated rings. The van der Waals surface area contributed by atoms with Crippen LogP contribution in [-0.4, -0.2) is 31.6 Å². The summed E-state index contributed by atoms with van der Waals surface area (Å²) in [5.74, 6) is 7.68. The molecule has 3 heteroatoms. The molecule has 0 radical (unpaired) electrons. The van der Waals surface area contributed by atoms with E-state index in [9.17, 15) is 0 Å². The molecule has 1 saturated heterocycles. The topological polar surface area (TPSA) is 38.5 Å². The summed E-state index contributed by atoms with van der Waals surface area (Å²) in [5.41, 5.74) is 7.67. The van der Waals surface area contributed by atoms with Crippen LogP contribution in [0.4, 0.5) is 0 Å². The SMILES string of the molecule is CCC1CCN(Cc2ccc(OC)c(C#CCN)c2)C1. The highest BCUT2D eigenvalue weighted by molar-refractivity contribution is 5.48. The van der Waals surface area contributed by atoms with Crippen LogP contribution in [-0.2, 0) is 6.54 Å². The molecule has 0 aromatic heterocycles. The number of nitrogens with zero attached hydrogens (tertiary/aromatic N) is 1. The van der Waals surface area contributed by atoms with Gasteiger partial charge in [-0.3, -0.25) is 4.90 Å². The molecular weight excluding hydrogens is 248 g/mol. The Hall–Kier alpha value is -1.50. The molecule has 0 aliphatic carbocycles. The Morgan fingerprint density at radius 3 is 2.95 bits per heavy atom. The Balaban J connectivity index is 2.09. The van der Waals surface area contributed by atoms with E-state index in [1.165, 1.54) is 31.5 Å². The molecule has 1 atom stereocenters. The van der Waals surface area contributed by atoms with Gasteiger partial charge in [-0.15, -0.1) is 0 Å². The minimum Gasteiger partial charge on any atom is -0.495 e. The summed E-state index contributed by atoms with van der Waals surface area (Å²) in [4.78, 5) is 2.52. The van der Waals surface area contributed by atoms with Crippen LogP contribution in [0.3, 0.4) is 0 Å². The summed E-state index contributed by atoms with van der Waals surface area (Å²) in [7, 11) is 1.68. The summed E-state index contributed by atoms with van der Waals surface area (Å²) in [6.45, 7) is 6.07. The quantitative estimate of drug-likeness (QED) is 0.854. The van der Waals surface area contributed by atoms with Gasteiger partial charge in [-0.1, -0.05) is 31.3 Å². The third kappa shape index (κ3) is 3.75. The highest BCUT2D eigenvalue weighted by Gasteiger charge is 2.20. The van der Waals surface area contributed by atoms with Gasteiger partial charge in [0.05, 0.1) is 19.2 Å². The van der Waals surface area contributed by atoms with Crippen molar-refractivity contribution in [2.24, 2.45) is 11.7 Å². The average molecular weight is 272 g/mol. The lowest BCUT2D eigenvalue weighted by molar-refractivity contribution is 0.315.